The first-order valence-corrected chi connectivity index (χ1v) is 6.88. The third-order valence-corrected chi connectivity index (χ3v) is 3.39. The second-order valence-corrected chi connectivity index (χ2v) is 5.31. The van der Waals surface area contributed by atoms with Crippen LogP contribution in [0.2, 0.25) is 10.0 Å². The van der Waals surface area contributed by atoms with Gasteiger partial charge in [-0.2, -0.15) is 0 Å². The lowest BCUT2D eigenvalue weighted by Crippen LogP contribution is -1.84. The Morgan fingerprint density at radius 1 is 1.24 bits per heavy atom. The number of benzene rings is 2. The van der Waals surface area contributed by atoms with Crippen LogP contribution >= 0.6 is 23.2 Å². The third kappa shape index (κ3) is 2.86. The largest absolute Gasteiger partial charge is 0.506 e. The highest BCUT2D eigenvalue weighted by Gasteiger charge is 2.06. The molecule has 0 aliphatic rings. The second kappa shape index (κ2) is 5.39. The summed E-state index contributed by atoms with van der Waals surface area (Å²) in [7, 11) is 0. The van der Waals surface area contributed by atoms with Crippen LogP contribution in [-0.2, 0) is 0 Å². The maximum absolute atomic E-state index is 9.87. The van der Waals surface area contributed by atoms with Gasteiger partial charge in [-0.05, 0) is 30.3 Å². The summed E-state index contributed by atoms with van der Waals surface area (Å²) in [5.41, 5.74) is 2.57. The summed E-state index contributed by atoms with van der Waals surface area (Å²) < 4.78 is 5.40. The Hall–Kier alpha value is -2.04. The van der Waals surface area contributed by atoms with E-state index in [1.807, 2.05) is 0 Å². The highest BCUT2D eigenvalue weighted by Crippen LogP contribution is 2.30. The van der Waals surface area contributed by atoms with E-state index >= 15 is 0 Å². The normalized spacial score (nSPS) is 11.6. The number of hydrogen-bond donors (Lipinski definition) is 1. The van der Waals surface area contributed by atoms with Gasteiger partial charge in [-0.15, -0.1) is 0 Å². The highest BCUT2D eigenvalue weighted by atomic mass is 35.5. The topological polar surface area (TPSA) is 58.6 Å². The summed E-state index contributed by atoms with van der Waals surface area (Å²) in [5, 5.41) is 10.5. The van der Waals surface area contributed by atoms with E-state index in [1.54, 1.807) is 31.2 Å². The summed E-state index contributed by atoms with van der Waals surface area (Å²) in [6.45, 7) is 1.79. The highest BCUT2D eigenvalue weighted by molar-refractivity contribution is 6.36. The number of nitrogens with zero attached hydrogens (tertiary/aromatic N) is 2. The number of hydrogen-bond acceptors (Lipinski definition) is 4. The van der Waals surface area contributed by atoms with Crippen molar-refractivity contribution >= 4 is 46.2 Å². The number of aliphatic imine (C=N–C) groups is 1. The first kappa shape index (κ1) is 13.9. The Kier molecular flexibility index (Phi) is 3.57. The smallest absolute Gasteiger partial charge is 0.192 e. The molecule has 3 rings (SSSR count). The van der Waals surface area contributed by atoms with E-state index in [2.05, 4.69) is 9.98 Å². The van der Waals surface area contributed by atoms with Crippen LogP contribution in [0.4, 0.5) is 5.69 Å². The van der Waals surface area contributed by atoms with Gasteiger partial charge in [-0.25, -0.2) is 4.98 Å². The van der Waals surface area contributed by atoms with Crippen molar-refractivity contribution < 1.29 is 9.52 Å². The number of phenols is 1. The zero-order chi connectivity index (χ0) is 15.0. The number of rotatable bonds is 2. The van der Waals surface area contributed by atoms with E-state index < -0.39 is 0 Å². The van der Waals surface area contributed by atoms with Gasteiger partial charge < -0.3 is 9.52 Å². The number of aromatic hydroxyl groups is 1. The fraction of sp³-hybridized carbons (Fsp3) is 0.0667. The van der Waals surface area contributed by atoms with Crippen molar-refractivity contribution in [3.8, 4) is 5.75 Å². The summed E-state index contributed by atoms with van der Waals surface area (Å²) in [5.74, 6) is 0.550. The van der Waals surface area contributed by atoms with Gasteiger partial charge in [0.2, 0.25) is 0 Å². The van der Waals surface area contributed by atoms with Crippen molar-refractivity contribution in [1.29, 1.82) is 0 Å². The quantitative estimate of drug-likeness (QED) is 0.683. The summed E-state index contributed by atoms with van der Waals surface area (Å²) in [6.07, 6.45) is 1.50. The van der Waals surface area contributed by atoms with Crippen molar-refractivity contribution in [3.63, 3.8) is 0 Å². The molecule has 0 bridgehead atoms. The summed E-state index contributed by atoms with van der Waals surface area (Å²) in [4.78, 5) is 8.54. The molecule has 0 aliphatic carbocycles. The van der Waals surface area contributed by atoms with Crippen LogP contribution < -0.4 is 0 Å². The molecule has 0 fully saturated rings. The molecule has 0 aliphatic heterocycles. The van der Waals surface area contributed by atoms with Gasteiger partial charge in [-0.1, -0.05) is 23.2 Å². The van der Waals surface area contributed by atoms with Gasteiger partial charge in [0, 0.05) is 23.7 Å². The van der Waals surface area contributed by atoms with Crippen LogP contribution in [0.5, 0.6) is 5.75 Å². The van der Waals surface area contributed by atoms with Crippen molar-refractivity contribution in [2.75, 3.05) is 0 Å². The molecule has 0 radical (unpaired) electrons. The minimum atomic E-state index is -0.0526. The van der Waals surface area contributed by atoms with Crippen molar-refractivity contribution in [3.05, 3.63) is 51.8 Å². The molecule has 1 aromatic heterocycles. The van der Waals surface area contributed by atoms with Crippen molar-refractivity contribution in [2.24, 2.45) is 4.99 Å². The second-order valence-electron chi connectivity index (χ2n) is 4.47. The van der Waals surface area contributed by atoms with E-state index in [4.69, 9.17) is 27.6 Å². The molecule has 21 heavy (non-hydrogen) atoms. The van der Waals surface area contributed by atoms with Crippen molar-refractivity contribution in [1.82, 2.24) is 4.98 Å². The van der Waals surface area contributed by atoms with Gasteiger partial charge in [0.1, 0.15) is 11.3 Å². The molecule has 0 spiro atoms. The fourth-order valence-electron chi connectivity index (χ4n) is 1.94. The molecule has 1 N–H and O–H groups in total. The van der Waals surface area contributed by atoms with Crippen LogP contribution in [-0.4, -0.2) is 16.3 Å². The lowest BCUT2D eigenvalue weighted by molar-refractivity contribution is 0.475. The lowest BCUT2D eigenvalue weighted by atomic mass is 10.2. The predicted octanol–water partition coefficient (Wildman–Crippen LogP) is 4.90. The van der Waals surface area contributed by atoms with Crippen LogP contribution in [0.3, 0.4) is 0 Å². The monoisotopic (exact) mass is 320 g/mol. The zero-order valence-corrected chi connectivity index (χ0v) is 12.5. The first-order chi connectivity index (χ1) is 10.0. The van der Waals surface area contributed by atoms with E-state index in [0.29, 0.717) is 27.7 Å². The van der Waals surface area contributed by atoms with E-state index in [9.17, 15) is 5.11 Å². The van der Waals surface area contributed by atoms with Crippen LogP contribution in [0.1, 0.15) is 11.5 Å². The predicted molar refractivity (Wildman–Crippen MR) is 84.1 cm³/mol. The number of aryl methyl sites for hydroxylation is 1. The molecule has 3 aromatic rings. The maximum Gasteiger partial charge on any atom is 0.192 e. The number of fused-ring (bicyclic) bond motifs is 1. The summed E-state index contributed by atoms with van der Waals surface area (Å²) >= 11 is 11.8. The van der Waals surface area contributed by atoms with Crippen LogP contribution in [0, 0.1) is 6.92 Å². The molecule has 0 atom stereocenters. The van der Waals surface area contributed by atoms with Gasteiger partial charge in [0.05, 0.1) is 10.7 Å². The number of aromatic nitrogens is 1. The molecular weight excluding hydrogens is 311 g/mol. The fourth-order valence-corrected chi connectivity index (χ4v) is 2.45. The Morgan fingerprint density at radius 2 is 2.05 bits per heavy atom. The van der Waals surface area contributed by atoms with Crippen molar-refractivity contribution in [2.45, 2.75) is 6.92 Å². The van der Waals surface area contributed by atoms with E-state index in [0.717, 1.165) is 5.52 Å². The Balaban J connectivity index is 1.97. The van der Waals surface area contributed by atoms with Gasteiger partial charge in [-0.3, -0.25) is 4.99 Å². The number of halogens is 2. The van der Waals surface area contributed by atoms with E-state index in [-0.39, 0.29) is 10.8 Å². The van der Waals surface area contributed by atoms with E-state index in [1.165, 1.54) is 12.3 Å². The average molecular weight is 321 g/mol. The molecule has 106 valence electrons. The third-order valence-electron chi connectivity index (χ3n) is 2.89. The molecule has 6 heteroatoms. The molecule has 0 amide bonds. The molecule has 0 unspecified atom stereocenters. The van der Waals surface area contributed by atoms with Crippen LogP contribution in [0.25, 0.3) is 11.1 Å². The van der Waals surface area contributed by atoms with Gasteiger partial charge >= 0.3 is 0 Å². The molecule has 1 heterocycles. The minimum absolute atomic E-state index is 0.0526. The SMILES string of the molecule is Cc1nc2cc(N=Cc3cc(Cl)cc(Cl)c3O)ccc2o1. The maximum atomic E-state index is 9.87. The molecular formula is C15H10Cl2N2O2. The molecule has 4 nitrogen and oxygen atoms in total. The Labute approximate surface area is 130 Å². The molecule has 0 saturated carbocycles. The lowest BCUT2D eigenvalue weighted by Gasteiger charge is -2.02. The minimum Gasteiger partial charge on any atom is -0.506 e. The first-order valence-electron chi connectivity index (χ1n) is 6.12. The molecule has 0 saturated heterocycles. The Morgan fingerprint density at radius 3 is 2.86 bits per heavy atom. The van der Waals surface area contributed by atoms with Gasteiger partial charge in [0.15, 0.2) is 11.5 Å². The molecule has 2 aromatic carbocycles. The van der Waals surface area contributed by atoms with Gasteiger partial charge in [0.25, 0.3) is 0 Å². The Bertz CT molecular complexity index is 856. The zero-order valence-electron chi connectivity index (χ0n) is 11.0. The summed E-state index contributed by atoms with van der Waals surface area (Å²) in [6, 6.07) is 8.45. The number of phenolic OH excluding ortho intramolecular Hbond substituents is 1. The van der Waals surface area contributed by atoms with Crippen LogP contribution in [0.15, 0.2) is 39.7 Å². The average Bonchev–Trinajstić information content (AvgIpc) is 2.80. The number of oxazole rings is 1. The standard InChI is InChI=1S/C15H10Cl2N2O2/c1-8-19-13-6-11(2-3-14(13)21-8)18-7-9-4-10(16)5-12(17)15(9)20/h2-7,20H,1H3.